The van der Waals surface area contributed by atoms with E-state index in [0.717, 1.165) is 16.9 Å². The van der Waals surface area contributed by atoms with Gasteiger partial charge in [-0.3, -0.25) is 14.9 Å². The molecule has 0 saturated carbocycles. The molecule has 0 spiro atoms. The van der Waals surface area contributed by atoms with Crippen LogP contribution >= 0.6 is 11.8 Å². The summed E-state index contributed by atoms with van der Waals surface area (Å²) >= 11 is 1.41. The first-order chi connectivity index (χ1) is 12.9. The summed E-state index contributed by atoms with van der Waals surface area (Å²) in [4.78, 5) is 24.3. The third-order valence-corrected chi connectivity index (χ3v) is 4.92. The zero-order valence-corrected chi connectivity index (χ0v) is 16.1. The highest BCUT2D eigenvalue weighted by atomic mass is 32.2. The van der Waals surface area contributed by atoms with Crippen molar-refractivity contribution in [1.82, 2.24) is 0 Å². The lowest BCUT2D eigenvalue weighted by Crippen LogP contribution is -2.15. The van der Waals surface area contributed by atoms with E-state index in [1.54, 1.807) is 12.1 Å². The van der Waals surface area contributed by atoms with Gasteiger partial charge in [0.2, 0.25) is 0 Å². The van der Waals surface area contributed by atoms with Gasteiger partial charge in [-0.2, -0.15) is 0 Å². The number of carbonyl (C=O) groups excluding carboxylic acids is 1. The number of hydrogen-bond donors (Lipinski definition) is 1. The predicted octanol–water partition coefficient (Wildman–Crippen LogP) is 4.29. The number of amides is 1. The molecule has 1 aliphatic heterocycles. The molecule has 2 aromatic rings. The van der Waals surface area contributed by atoms with Crippen molar-refractivity contribution in [2.75, 3.05) is 18.2 Å². The molecule has 27 heavy (non-hydrogen) atoms. The number of nitro groups is 1. The van der Waals surface area contributed by atoms with E-state index < -0.39 is 10.8 Å². The Balaban J connectivity index is 1.97. The molecular weight excluding hydrogens is 368 g/mol. The fourth-order valence-electron chi connectivity index (χ4n) is 2.98. The Morgan fingerprint density at radius 3 is 2.85 bits per heavy atom. The number of fused-ring (bicyclic) bond motifs is 1. The molecule has 0 aromatic heterocycles. The smallest absolute Gasteiger partial charge is 0.282 e. The highest BCUT2D eigenvalue weighted by Crippen LogP contribution is 2.38. The van der Waals surface area contributed by atoms with E-state index in [2.05, 4.69) is 5.32 Å². The van der Waals surface area contributed by atoms with Crippen molar-refractivity contribution in [3.05, 3.63) is 51.6 Å². The SMILES string of the molecule is CCOc1cc2c(cc1NC(=O)c1cc(SC)ccc1[N+](=O)[O-])O[C@@H](C)C2. The van der Waals surface area contributed by atoms with Crippen LogP contribution in [0.25, 0.3) is 0 Å². The first-order valence-corrected chi connectivity index (χ1v) is 9.75. The predicted molar refractivity (Wildman–Crippen MR) is 104 cm³/mol. The van der Waals surface area contributed by atoms with E-state index in [-0.39, 0.29) is 17.4 Å². The molecule has 0 aliphatic carbocycles. The van der Waals surface area contributed by atoms with Crippen LogP contribution in [-0.2, 0) is 6.42 Å². The maximum atomic E-state index is 12.8. The average Bonchev–Trinajstić information content (AvgIpc) is 3.00. The van der Waals surface area contributed by atoms with E-state index in [4.69, 9.17) is 9.47 Å². The standard InChI is InChI=1S/C19H20N2O5S/c1-4-25-18-8-12-7-11(2)26-17(12)10-15(18)20-19(22)14-9-13(27-3)5-6-16(14)21(23)24/h5-6,8-11H,4,7H2,1-3H3,(H,20,22)/t11-/m0/s1. The van der Waals surface area contributed by atoms with E-state index in [1.807, 2.05) is 26.2 Å². The maximum absolute atomic E-state index is 12.8. The molecule has 0 radical (unpaired) electrons. The van der Waals surface area contributed by atoms with Crippen molar-refractivity contribution in [3.8, 4) is 11.5 Å². The molecule has 7 nitrogen and oxygen atoms in total. The topological polar surface area (TPSA) is 90.7 Å². The highest BCUT2D eigenvalue weighted by Gasteiger charge is 2.25. The molecule has 0 bridgehead atoms. The molecule has 1 aliphatic rings. The number of ether oxygens (including phenoxy) is 2. The summed E-state index contributed by atoms with van der Waals surface area (Å²) in [6, 6.07) is 8.05. The van der Waals surface area contributed by atoms with Crippen LogP contribution in [0.5, 0.6) is 11.5 Å². The van der Waals surface area contributed by atoms with Crippen molar-refractivity contribution < 1.29 is 19.2 Å². The molecule has 0 fully saturated rings. The summed E-state index contributed by atoms with van der Waals surface area (Å²) in [6.45, 7) is 4.25. The highest BCUT2D eigenvalue weighted by molar-refractivity contribution is 7.98. The summed E-state index contributed by atoms with van der Waals surface area (Å²) in [5, 5.41) is 14.1. The second kappa shape index (κ2) is 7.87. The second-order valence-electron chi connectivity index (χ2n) is 6.12. The van der Waals surface area contributed by atoms with Gasteiger partial charge in [-0.25, -0.2) is 0 Å². The van der Waals surface area contributed by atoms with Crippen LogP contribution in [0.4, 0.5) is 11.4 Å². The molecule has 1 heterocycles. The van der Waals surface area contributed by atoms with Crippen molar-refractivity contribution in [3.63, 3.8) is 0 Å². The zero-order chi connectivity index (χ0) is 19.6. The Bertz CT molecular complexity index is 900. The van der Waals surface area contributed by atoms with Gasteiger partial charge >= 0.3 is 0 Å². The molecule has 3 rings (SSSR count). The molecular formula is C19H20N2O5S. The monoisotopic (exact) mass is 388 g/mol. The first kappa shape index (κ1) is 19.0. The normalized spacial score (nSPS) is 15.0. The number of nitro benzene ring substituents is 1. The summed E-state index contributed by atoms with van der Waals surface area (Å²) in [5.41, 5.74) is 1.20. The van der Waals surface area contributed by atoms with E-state index in [1.165, 1.54) is 23.9 Å². The van der Waals surface area contributed by atoms with Crippen LogP contribution in [0.3, 0.4) is 0 Å². The minimum Gasteiger partial charge on any atom is -0.492 e. The number of thioether (sulfide) groups is 1. The number of anilines is 1. The van der Waals surface area contributed by atoms with Gasteiger partial charge in [0.1, 0.15) is 23.2 Å². The average molecular weight is 388 g/mol. The van der Waals surface area contributed by atoms with Crippen LogP contribution in [0.2, 0.25) is 0 Å². The van der Waals surface area contributed by atoms with Crippen LogP contribution in [-0.4, -0.2) is 29.8 Å². The Hall–Kier alpha value is -2.74. The lowest BCUT2D eigenvalue weighted by molar-refractivity contribution is -0.385. The van der Waals surface area contributed by atoms with Crippen molar-refractivity contribution in [2.45, 2.75) is 31.3 Å². The molecule has 0 saturated heterocycles. The fourth-order valence-corrected chi connectivity index (χ4v) is 3.42. The summed E-state index contributed by atoms with van der Waals surface area (Å²) in [7, 11) is 0. The first-order valence-electron chi connectivity index (χ1n) is 8.53. The molecule has 1 N–H and O–H groups in total. The second-order valence-corrected chi connectivity index (χ2v) is 7.00. The Labute approximate surface area is 161 Å². The van der Waals surface area contributed by atoms with Crippen LogP contribution in [0, 0.1) is 10.1 Å². The van der Waals surface area contributed by atoms with Gasteiger partial charge in [-0.05, 0) is 38.3 Å². The number of benzene rings is 2. The third-order valence-electron chi connectivity index (χ3n) is 4.19. The number of carbonyl (C=O) groups is 1. The van der Waals surface area contributed by atoms with Gasteiger partial charge in [-0.15, -0.1) is 11.8 Å². The minimum absolute atomic E-state index is 0.00378. The number of hydrogen-bond acceptors (Lipinski definition) is 6. The van der Waals surface area contributed by atoms with E-state index >= 15 is 0 Å². The Morgan fingerprint density at radius 2 is 2.19 bits per heavy atom. The summed E-state index contributed by atoms with van der Waals surface area (Å²) in [6.07, 6.45) is 2.67. The van der Waals surface area contributed by atoms with Crippen molar-refractivity contribution in [2.24, 2.45) is 0 Å². The summed E-state index contributed by atoms with van der Waals surface area (Å²) in [5.74, 6) is 0.643. The molecule has 1 amide bonds. The van der Waals surface area contributed by atoms with Gasteiger partial charge in [-0.1, -0.05) is 0 Å². The molecule has 142 valence electrons. The quantitative estimate of drug-likeness (QED) is 0.451. The van der Waals surface area contributed by atoms with E-state index in [0.29, 0.717) is 23.8 Å². The molecule has 0 unspecified atom stereocenters. The van der Waals surface area contributed by atoms with Gasteiger partial charge in [0.15, 0.2) is 0 Å². The number of nitrogens with zero attached hydrogens (tertiary/aromatic N) is 1. The summed E-state index contributed by atoms with van der Waals surface area (Å²) < 4.78 is 11.4. The zero-order valence-electron chi connectivity index (χ0n) is 15.3. The lowest BCUT2D eigenvalue weighted by atomic mass is 10.1. The fraction of sp³-hybridized carbons (Fsp3) is 0.316. The van der Waals surface area contributed by atoms with Crippen LogP contribution < -0.4 is 14.8 Å². The van der Waals surface area contributed by atoms with Gasteiger partial charge in [0.05, 0.1) is 17.2 Å². The number of nitrogens with one attached hydrogen (secondary N) is 1. The molecule has 2 aromatic carbocycles. The molecule has 8 heteroatoms. The third kappa shape index (κ3) is 4.00. The van der Waals surface area contributed by atoms with Crippen LogP contribution in [0.1, 0.15) is 29.8 Å². The molecule has 1 atom stereocenters. The minimum atomic E-state index is -0.565. The van der Waals surface area contributed by atoms with Crippen molar-refractivity contribution in [1.29, 1.82) is 0 Å². The lowest BCUT2D eigenvalue weighted by Gasteiger charge is -2.14. The number of rotatable bonds is 6. The van der Waals surface area contributed by atoms with Crippen molar-refractivity contribution >= 4 is 29.0 Å². The van der Waals surface area contributed by atoms with Crippen LogP contribution in [0.15, 0.2) is 35.2 Å². The van der Waals surface area contributed by atoms with Gasteiger partial charge in [0, 0.05) is 29.0 Å². The Morgan fingerprint density at radius 1 is 1.41 bits per heavy atom. The van der Waals surface area contributed by atoms with Gasteiger partial charge in [0.25, 0.3) is 11.6 Å². The Kier molecular flexibility index (Phi) is 5.55. The van der Waals surface area contributed by atoms with E-state index in [9.17, 15) is 14.9 Å². The maximum Gasteiger partial charge on any atom is 0.282 e. The van der Waals surface area contributed by atoms with Gasteiger partial charge < -0.3 is 14.8 Å². The largest absolute Gasteiger partial charge is 0.492 e.